The molecule has 0 spiro atoms. The van der Waals surface area contributed by atoms with Gasteiger partial charge >= 0.3 is 5.97 Å². The van der Waals surface area contributed by atoms with Gasteiger partial charge in [0.05, 0.1) is 17.5 Å². The molecule has 1 saturated carbocycles. The van der Waals surface area contributed by atoms with Crippen molar-refractivity contribution < 1.29 is 14.3 Å². The fourth-order valence-electron chi connectivity index (χ4n) is 5.49. The summed E-state index contributed by atoms with van der Waals surface area (Å²) in [4.78, 5) is 16.0. The second-order valence-corrected chi connectivity index (χ2v) is 10.8. The highest BCUT2D eigenvalue weighted by Gasteiger charge is 2.35. The number of hydrogen-bond donors (Lipinski definition) is 2. The minimum absolute atomic E-state index is 0.157. The van der Waals surface area contributed by atoms with E-state index in [-0.39, 0.29) is 23.4 Å². The van der Waals surface area contributed by atoms with Crippen LogP contribution in [-0.2, 0) is 11.2 Å². The van der Waals surface area contributed by atoms with Gasteiger partial charge in [-0.3, -0.25) is 4.79 Å². The molecule has 6 heteroatoms. The molecule has 1 aromatic heterocycles. The summed E-state index contributed by atoms with van der Waals surface area (Å²) in [6, 6.07) is 11.5. The van der Waals surface area contributed by atoms with Gasteiger partial charge in [0.1, 0.15) is 5.82 Å². The van der Waals surface area contributed by atoms with Crippen molar-refractivity contribution >= 4 is 28.6 Å². The molecule has 2 N–H and O–H groups in total. The van der Waals surface area contributed by atoms with E-state index in [4.69, 9.17) is 10.1 Å². The number of carboxylic acid groups (broad SMARTS) is 1. The number of carboxylic acids is 1. The highest BCUT2D eigenvalue weighted by Crippen LogP contribution is 2.46. The molecule has 0 radical (unpaired) electrons. The monoisotopic (exact) mass is 451 g/mol. The minimum Gasteiger partial charge on any atom is -0.481 e. The Morgan fingerprint density at radius 2 is 1.94 bits per heavy atom. The van der Waals surface area contributed by atoms with E-state index in [9.17, 15) is 9.18 Å². The quantitative estimate of drug-likeness (QED) is 0.421. The van der Waals surface area contributed by atoms with Crippen LogP contribution in [0.5, 0.6) is 0 Å². The smallest absolute Gasteiger partial charge is 0.307 e. The van der Waals surface area contributed by atoms with Crippen LogP contribution < -0.4 is 5.32 Å². The maximum Gasteiger partial charge on any atom is 0.307 e. The van der Waals surface area contributed by atoms with E-state index >= 15 is 0 Å². The first-order valence-electron chi connectivity index (χ1n) is 11.8. The summed E-state index contributed by atoms with van der Waals surface area (Å²) in [5, 5.41) is 12.6. The lowest BCUT2D eigenvalue weighted by Gasteiger charge is -2.40. The molecule has 0 unspecified atom stereocenters. The minimum atomic E-state index is -1.06. The normalized spacial score (nSPS) is 20.3. The number of rotatable bonds is 6. The van der Waals surface area contributed by atoms with Gasteiger partial charge < -0.3 is 15.0 Å². The number of aliphatic carboxylic acids is 1. The fraction of sp³-hybridized carbons (Fsp3) is 0.481. The standard InChI is InChI=1S/C27H34FN3O2/c1-16(2)18-6-8-20(9-7-18)29-26-30-23-11-19(12-25(32)33)22(28)13-24(23)31(26)21-10-17(3)14-27(4,5)15-21/h6-9,11,13,16-17,21H,10,12,14-15H2,1-5H3,(H,29,30)(H,32,33)/t17-,21+/m0/s1. The van der Waals surface area contributed by atoms with Crippen LogP contribution in [0.2, 0.25) is 0 Å². The van der Waals surface area contributed by atoms with E-state index < -0.39 is 11.8 Å². The topological polar surface area (TPSA) is 67.2 Å². The van der Waals surface area contributed by atoms with Gasteiger partial charge in [-0.05, 0) is 60.3 Å². The van der Waals surface area contributed by atoms with E-state index in [0.717, 1.165) is 24.9 Å². The summed E-state index contributed by atoms with van der Waals surface area (Å²) in [7, 11) is 0. The van der Waals surface area contributed by atoms with Crippen molar-refractivity contribution in [2.75, 3.05) is 5.32 Å². The zero-order chi connectivity index (χ0) is 23.9. The van der Waals surface area contributed by atoms with Gasteiger partial charge in [-0.15, -0.1) is 0 Å². The molecule has 33 heavy (non-hydrogen) atoms. The van der Waals surface area contributed by atoms with E-state index in [2.05, 4.69) is 56.6 Å². The molecule has 1 fully saturated rings. The number of halogens is 1. The molecule has 0 bridgehead atoms. The number of hydrogen-bond acceptors (Lipinski definition) is 3. The lowest BCUT2D eigenvalue weighted by molar-refractivity contribution is -0.136. The maximum atomic E-state index is 14.9. The van der Waals surface area contributed by atoms with Gasteiger partial charge in [0.15, 0.2) is 0 Å². The fourth-order valence-corrected chi connectivity index (χ4v) is 5.49. The van der Waals surface area contributed by atoms with E-state index in [0.29, 0.717) is 28.8 Å². The average molecular weight is 452 g/mol. The van der Waals surface area contributed by atoms with Gasteiger partial charge in [-0.25, -0.2) is 9.37 Å². The number of aromatic nitrogens is 2. The Kier molecular flexibility index (Phi) is 6.21. The molecule has 0 aliphatic heterocycles. The van der Waals surface area contributed by atoms with Gasteiger partial charge in [-0.2, -0.15) is 0 Å². The third kappa shape index (κ3) is 5.05. The van der Waals surface area contributed by atoms with E-state index in [1.807, 2.05) is 12.1 Å². The highest BCUT2D eigenvalue weighted by molar-refractivity contribution is 5.82. The second-order valence-electron chi connectivity index (χ2n) is 10.8. The van der Waals surface area contributed by atoms with Crippen LogP contribution in [0.25, 0.3) is 11.0 Å². The summed E-state index contributed by atoms with van der Waals surface area (Å²) in [5.41, 5.74) is 3.84. The Labute approximate surface area is 195 Å². The largest absolute Gasteiger partial charge is 0.481 e. The lowest BCUT2D eigenvalue weighted by Crippen LogP contribution is -2.29. The average Bonchev–Trinajstić information content (AvgIpc) is 3.03. The first-order valence-corrected chi connectivity index (χ1v) is 11.8. The summed E-state index contributed by atoms with van der Waals surface area (Å²) in [5.74, 6) is 0.112. The predicted molar refractivity (Wildman–Crippen MR) is 131 cm³/mol. The van der Waals surface area contributed by atoms with Crippen LogP contribution >= 0.6 is 0 Å². The van der Waals surface area contributed by atoms with Crippen molar-refractivity contribution in [2.45, 2.75) is 72.3 Å². The zero-order valence-electron chi connectivity index (χ0n) is 20.2. The van der Waals surface area contributed by atoms with Crippen LogP contribution in [0.4, 0.5) is 16.0 Å². The summed E-state index contributed by atoms with van der Waals surface area (Å²) in [6.45, 7) is 11.2. The summed E-state index contributed by atoms with van der Waals surface area (Å²) >= 11 is 0. The molecule has 1 aliphatic rings. The van der Waals surface area contributed by atoms with Gasteiger partial charge in [-0.1, -0.05) is 46.8 Å². The van der Waals surface area contributed by atoms with Crippen LogP contribution in [0.3, 0.4) is 0 Å². The van der Waals surface area contributed by atoms with Crippen molar-refractivity contribution in [3.05, 3.63) is 53.3 Å². The van der Waals surface area contributed by atoms with Crippen molar-refractivity contribution in [2.24, 2.45) is 11.3 Å². The SMILES string of the molecule is CC(C)c1ccc(Nc2nc3cc(CC(=O)O)c(F)cc3n2[C@@H]2C[C@H](C)CC(C)(C)C2)cc1. The molecule has 3 aromatic rings. The Morgan fingerprint density at radius 3 is 2.55 bits per heavy atom. The first kappa shape index (κ1) is 23.3. The Hall–Kier alpha value is -2.89. The first-order chi connectivity index (χ1) is 15.5. The molecular formula is C27H34FN3O2. The number of anilines is 2. The number of nitrogens with zero attached hydrogens (tertiary/aromatic N) is 2. The third-order valence-electron chi connectivity index (χ3n) is 6.76. The molecule has 0 amide bonds. The van der Waals surface area contributed by atoms with Crippen LogP contribution in [0, 0.1) is 17.2 Å². The Morgan fingerprint density at radius 1 is 1.24 bits per heavy atom. The molecule has 2 aromatic carbocycles. The predicted octanol–water partition coefficient (Wildman–Crippen LogP) is 7.06. The number of benzene rings is 2. The highest BCUT2D eigenvalue weighted by atomic mass is 19.1. The van der Waals surface area contributed by atoms with Crippen molar-refractivity contribution in [1.29, 1.82) is 0 Å². The molecule has 1 aliphatic carbocycles. The molecule has 2 atom stereocenters. The molecule has 5 nitrogen and oxygen atoms in total. The van der Waals surface area contributed by atoms with E-state index in [1.54, 1.807) is 6.07 Å². The van der Waals surface area contributed by atoms with E-state index in [1.165, 1.54) is 11.6 Å². The van der Waals surface area contributed by atoms with Crippen molar-refractivity contribution in [3.63, 3.8) is 0 Å². The number of fused-ring (bicyclic) bond motifs is 1. The maximum absolute atomic E-state index is 14.9. The van der Waals surface area contributed by atoms with Gasteiger partial charge in [0, 0.05) is 23.4 Å². The molecule has 0 saturated heterocycles. The number of carbonyl (C=O) groups is 1. The number of nitrogens with one attached hydrogen (secondary N) is 1. The third-order valence-corrected chi connectivity index (χ3v) is 6.76. The second kappa shape index (κ2) is 8.81. The Balaban J connectivity index is 1.81. The van der Waals surface area contributed by atoms with Crippen LogP contribution in [0.15, 0.2) is 36.4 Å². The molecule has 176 valence electrons. The molecule has 4 rings (SSSR count). The summed E-state index contributed by atoms with van der Waals surface area (Å²) < 4.78 is 17.0. The van der Waals surface area contributed by atoms with Crippen molar-refractivity contribution in [1.82, 2.24) is 9.55 Å². The molecule has 1 heterocycles. The zero-order valence-corrected chi connectivity index (χ0v) is 20.2. The van der Waals surface area contributed by atoms with Crippen molar-refractivity contribution in [3.8, 4) is 0 Å². The van der Waals surface area contributed by atoms with Gasteiger partial charge in [0.2, 0.25) is 5.95 Å². The van der Waals surface area contributed by atoms with Crippen LogP contribution in [0.1, 0.15) is 77.0 Å². The number of imidazole rings is 1. The van der Waals surface area contributed by atoms with Gasteiger partial charge in [0.25, 0.3) is 0 Å². The Bertz CT molecular complexity index is 1160. The molecular weight excluding hydrogens is 417 g/mol. The lowest BCUT2D eigenvalue weighted by atomic mass is 9.70. The summed E-state index contributed by atoms with van der Waals surface area (Å²) in [6.07, 6.45) is 2.77. The van der Waals surface area contributed by atoms with Crippen LogP contribution in [-0.4, -0.2) is 20.6 Å².